The molecule has 0 aliphatic rings. The van der Waals surface area contributed by atoms with E-state index in [2.05, 4.69) is 26.5 Å². The molecule has 0 atom stereocenters. The van der Waals surface area contributed by atoms with Crippen molar-refractivity contribution in [1.82, 2.24) is 5.43 Å². The number of nitrogens with one attached hydrogen (secondary N) is 1. The fourth-order valence-corrected chi connectivity index (χ4v) is 2.27. The highest BCUT2D eigenvalue weighted by Gasteiger charge is 2.07. The Kier molecular flexibility index (Phi) is 5.55. The van der Waals surface area contributed by atoms with E-state index in [-0.39, 0.29) is 5.91 Å². The summed E-state index contributed by atoms with van der Waals surface area (Å²) in [6, 6.07) is 12.4. The first-order chi connectivity index (χ1) is 10.6. The van der Waals surface area contributed by atoms with Gasteiger partial charge in [-0.15, -0.1) is 0 Å². The lowest BCUT2D eigenvalue weighted by Crippen LogP contribution is -2.17. The molecular weight excluding hydrogens is 348 g/mol. The van der Waals surface area contributed by atoms with Crippen molar-refractivity contribution in [1.29, 1.82) is 0 Å². The molecule has 0 saturated carbocycles. The first kappa shape index (κ1) is 16.0. The highest BCUT2D eigenvalue weighted by molar-refractivity contribution is 9.10. The Morgan fingerprint density at radius 3 is 2.45 bits per heavy atom. The van der Waals surface area contributed by atoms with Crippen LogP contribution >= 0.6 is 15.9 Å². The van der Waals surface area contributed by atoms with Gasteiger partial charge in [0, 0.05) is 5.56 Å². The van der Waals surface area contributed by atoms with Crippen LogP contribution in [0.3, 0.4) is 0 Å². The lowest BCUT2D eigenvalue weighted by atomic mass is 10.2. The van der Waals surface area contributed by atoms with Gasteiger partial charge in [0.1, 0.15) is 11.5 Å². The van der Waals surface area contributed by atoms with Crippen molar-refractivity contribution in [3.8, 4) is 11.5 Å². The van der Waals surface area contributed by atoms with Crippen LogP contribution in [0, 0.1) is 0 Å². The molecule has 0 aliphatic carbocycles. The van der Waals surface area contributed by atoms with Gasteiger partial charge < -0.3 is 9.47 Å². The van der Waals surface area contributed by atoms with Crippen molar-refractivity contribution in [2.75, 3.05) is 14.2 Å². The van der Waals surface area contributed by atoms with Gasteiger partial charge in [-0.05, 0) is 64.0 Å². The fraction of sp³-hybridized carbons (Fsp3) is 0.125. The molecule has 0 unspecified atom stereocenters. The smallest absolute Gasteiger partial charge is 0.271 e. The lowest BCUT2D eigenvalue weighted by Gasteiger charge is -2.05. The average molecular weight is 363 g/mol. The van der Waals surface area contributed by atoms with Crippen molar-refractivity contribution in [2.24, 2.45) is 5.10 Å². The minimum absolute atomic E-state index is 0.298. The molecule has 1 amide bonds. The molecule has 114 valence electrons. The third kappa shape index (κ3) is 4.08. The van der Waals surface area contributed by atoms with Gasteiger partial charge in [-0.1, -0.05) is 0 Å². The van der Waals surface area contributed by atoms with Gasteiger partial charge in [0.25, 0.3) is 5.91 Å². The molecule has 0 fully saturated rings. The van der Waals surface area contributed by atoms with E-state index in [9.17, 15) is 4.79 Å². The van der Waals surface area contributed by atoms with Crippen LogP contribution in [0.5, 0.6) is 11.5 Å². The molecular formula is C16H15BrN2O3. The summed E-state index contributed by atoms with van der Waals surface area (Å²) < 4.78 is 10.9. The number of halogens is 1. The number of carbonyl (C=O) groups is 1. The molecule has 2 rings (SSSR count). The minimum Gasteiger partial charge on any atom is -0.497 e. The first-order valence-corrected chi connectivity index (χ1v) is 7.24. The SMILES string of the molecule is COc1ccc(/C=N/NC(=O)c2ccc(OC)c(Br)c2)cc1. The van der Waals surface area contributed by atoms with Crippen molar-refractivity contribution in [2.45, 2.75) is 0 Å². The summed E-state index contributed by atoms with van der Waals surface area (Å²) in [7, 11) is 3.18. The summed E-state index contributed by atoms with van der Waals surface area (Å²) >= 11 is 3.34. The number of benzene rings is 2. The van der Waals surface area contributed by atoms with Crippen LogP contribution in [0.2, 0.25) is 0 Å². The molecule has 5 nitrogen and oxygen atoms in total. The number of hydrogen-bond acceptors (Lipinski definition) is 4. The maximum atomic E-state index is 12.0. The maximum Gasteiger partial charge on any atom is 0.271 e. The number of hydrazone groups is 1. The van der Waals surface area contributed by atoms with Crippen molar-refractivity contribution in [3.05, 3.63) is 58.1 Å². The summed E-state index contributed by atoms with van der Waals surface area (Å²) in [5, 5.41) is 3.93. The number of amides is 1. The van der Waals surface area contributed by atoms with E-state index in [1.165, 1.54) is 0 Å². The van der Waals surface area contributed by atoms with Gasteiger partial charge in [0.05, 0.1) is 24.9 Å². The molecule has 0 bridgehead atoms. The van der Waals surface area contributed by atoms with Gasteiger partial charge in [0.15, 0.2) is 0 Å². The Labute approximate surface area is 137 Å². The molecule has 2 aromatic rings. The predicted molar refractivity (Wildman–Crippen MR) is 88.7 cm³/mol. The molecule has 2 aromatic carbocycles. The number of ether oxygens (including phenoxy) is 2. The monoisotopic (exact) mass is 362 g/mol. The van der Waals surface area contributed by atoms with E-state index in [0.29, 0.717) is 15.8 Å². The second-order valence-electron chi connectivity index (χ2n) is 4.32. The average Bonchev–Trinajstić information content (AvgIpc) is 2.55. The summed E-state index contributed by atoms with van der Waals surface area (Å²) in [4.78, 5) is 12.0. The van der Waals surface area contributed by atoms with Crippen LogP contribution in [-0.4, -0.2) is 26.3 Å². The van der Waals surface area contributed by atoms with Gasteiger partial charge in [0.2, 0.25) is 0 Å². The van der Waals surface area contributed by atoms with Crippen LogP contribution in [0.15, 0.2) is 52.0 Å². The number of rotatable bonds is 5. The Hall–Kier alpha value is -2.34. The number of methoxy groups -OCH3 is 2. The molecule has 6 heteroatoms. The zero-order valence-corrected chi connectivity index (χ0v) is 13.8. The van der Waals surface area contributed by atoms with Crippen LogP contribution in [-0.2, 0) is 0 Å². The topological polar surface area (TPSA) is 59.9 Å². The van der Waals surface area contributed by atoms with E-state index in [1.807, 2.05) is 24.3 Å². The zero-order chi connectivity index (χ0) is 15.9. The second-order valence-corrected chi connectivity index (χ2v) is 5.18. The number of carbonyl (C=O) groups excluding carboxylic acids is 1. The van der Waals surface area contributed by atoms with E-state index in [1.54, 1.807) is 38.6 Å². The van der Waals surface area contributed by atoms with Gasteiger partial charge in [-0.3, -0.25) is 4.79 Å². The Morgan fingerprint density at radius 1 is 1.14 bits per heavy atom. The first-order valence-electron chi connectivity index (χ1n) is 6.45. The summed E-state index contributed by atoms with van der Waals surface area (Å²) in [6.45, 7) is 0. The van der Waals surface area contributed by atoms with Gasteiger partial charge >= 0.3 is 0 Å². The normalized spacial score (nSPS) is 10.5. The lowest BCUT2D eigenvalue weighted by molar-refractivity contribution is 0.0955. The van der Waals surface area contributed by atoms with Crippen molar-refractivity contribution < 1.29 is 14.3 Å². The summed E-state index contributed by atoms with van der Waals surface area (Å²) in [5.41, 5.74) is 3.82. The molecule has 0 heterocycles. The Balaban J connectivity index is 1.99. The van der Waals surface area contributed by atoms with Crippen LogP contribution in [0.4, 0.5) is 0 Å². The third-order valence-electron chi connectivity index (χ3n) is 2.91. The fourth-order valence-electron chi connectivity index (χ4n) is 1.73. The molecule has 0 spiro atoms. The molecule has 0 aromatic heterocycles. The zero-order valence-electron chi connectivity index (χ0n) is 12.2. The quantitative estimate of drug-likeness (QED) is 0.656. The van der Waals surface area contributed by atoms with E-state index in [0.717, 1.165) is 11.3 Å². The summed E-state index contributed by atoms with van der Waals surface area (Å²) in [5.74, 6) is 1.13. The van der Waals surface area contributed by atoms with Crippen LogP contribution in [0.25, 0.3) is 0 Å². The molecule has 0 aliphatic heterocycles. The number of hydrogen-bond donors (Lipinski definition) is 1. The molecule has 1 N–H and O–H groups in total. The number of nitrogens with zero attached hydrogens (tertiary/aromatic N) is 1. The molecule has 0 saturated heterocycles. The van der Waals surface area contributed by atoms with Crippen LogP contribution in [0.1, 0.15) is 15.9 Å². The predicted octanol–water partition coefficient (Wildman–Crippen LogP) is 3.23. The maximum absolute atomic E-state index is 12.0. The summed E-state index contributed by atoms with van der Waals surface area (Å²) in [6.07, 6.45) is 1.57. The highest BCUT2D eigenvalue weighted by atomic mass is 79.9. The van der Waals surface area contributed by atoms with Gasteiger partial charge in [-0.25, -0.2) is 5.43 Å². The second kappa shape index (κ2) is 7.61. The van der Waals surface area contributed by atoms with Crippen molar-refractivity contribution >= 4 is 28.1 Å². The van der Waals surface area contributed by atoms with E-state index < -0.39 is 0 Å². The highest BCUT2D eigenvalue weighted by Crippen LogP contribution is 2.25. The Bertz CT molecular complexity index is 684. The van der Waals surface area contributed by atoms with E-state index in [4.69, 9.17) is 9.47 Å². The van der Waals surface area contributed by atoms with Gasteiger partial charge in [-0.2, -0.15) is 5.10 Å². The van der Waals surface area contributed by atoms with Crippen molar-refractivity contribution in [3.63, 3.8) is 0 Å². The largest absolute Gasteiger partial charge is 0.497 e. The molecule has 22 heavy (non-hydrogen) atoms. The molecule has 0 radical (unpaired) electrons. The standard InChI is InChI=1S/C16H15BrN2O3/c1-21-13-6-3-11(4-7-13)10-18-19-16(20)12-5-8-15(22-2)14(17)9-12/h3-10H,1-2H3,(H,19,20)/b18-10+. The van der Waals surface area contributed by atoms with E-state index >= 15 is 0 Å². The van der Waals surface area contributed by atoms with Crippen LogP contribution < -0.4 is 14.9 Å². The Morgan fingerprint density at radius 2 is 1.86 bits per heavy atom. The third-order valence-corrected chi connectivity index (χ3v) is 3.53. The minimum atomic E-state index is -0.298.